The number of hydrogen-bond acceptors (Lipinski definition) is 4. The lowest BCUT2D eigenvalue weighted by Crippen LogP contribution is -2.31. The fourth-order valence-electron chi connectivity index (χ4n) is 3.04. The summed E-state index contributed by atoms with van der Waals surface area (Å²) in [5.41, 5.74) is 1.10. The largest absolute Gasteiger partial charge is 0.497 e. The fraction of sp³-hybridized carbons (Fsp3) is 0.412. The van der Waals surface area contributed by atoms with Crippen LogP contribution in [0.5, 0.6) is 11.5 Å². The van der Waals surface area contributed by atoms with E-state index in [4.69, 9.17) is 9.47 Å². The predicted molar refractivity (Wildman–Crippen MR) is 85.7 cm³/mol. The molecular weight excluding hydrogens is 294 g/mol. The maximum atomic E-state index is 12.4. The summed E-state index contributed by atoms with van der Waals surface area (Å²) in [6.45, 7) is 1.80. The lowest BCUT2D eigenvalue weighted by molar-refractivity contribution is -0.130. The molecule has 1 aliphatic heterocycles. The highest BCUT2D eigenvalue weighted by molar-refractivity contribution is 5.76. The summed E-state index contributed by atoms with van der Waals surface area (Å²) >= 11 is 0. The quantitative estimate of drug-likeness (QED) is 0.846. The van der Waals surface area contributed by atoms with Gasteiger partial charge in [0.25, 0.3) is 0 Å². The van der Waals surface area contributed by atoms with E-state index in [1.54, 1.807) is 37.5 Å². The topological polar surface area (TPSA) is 56.6 Å². The van der Waals surface area contributed by atoms with Crippen LogP contribution in [0.25, 0.3) is 0 Å². The van der Waals surface area contributed by atoms with Gasteiger partial charge in [-0.1, -0.05) is 0 Å². The normalized spacial score (nSPS) is 17.3. The lowest BCUT2D eigenvalue weighted by Gasteiger charge is -2.18. The number of methoxy groups -OCH3 is 2. The number of carbonyl (C=O) groups excluding carboxylic acids is 1. The molecule has 6 nitrogen and oxygen atoms in total. The molecule has 2 aromatic rings. The Kier molecular flexibility index (Phi) is 4.50. The summed E-state index contributed by atoms with van der Waals surface area (Å²) in [6, 6.07) is 5.82. The highest BCUT2D eigenvalue weighted by Crippen LogP contribution is 2.36. The summed E-state index contributed by atoms with van der Waals surface area (Å²) in [7, 11) is 3.32. The Morgan fingerprint density at radius 3 is 2.91 bits per heavy atom. The van der Waals surface area contributed by atoms with Crippen molar-refractivity contribution in [2.45, 2.75) is 18.9 Å². The molecule has 1 fully saturated rings. The van der Waals surface area contributed by atoms with Crippen LogP contribution in [0.3, 0.4) is 0 Å². The third-order valence-corrected chi connectivity index (χ3v) is 4.29. The molecule has 6 heteroatoms. The number of ether oxygens (including phenoxy) is 2. The van der Waals surface area contributed by atoms with E-state index in [0.717, 1.165) is 30.0 Å². The van der Waals surface area contributed by atoms with Crippen LogP contribution in [-0.2, 0) is 11.3 Å². The molecule has 1 amide bonds. The van der Waals surface area contributed by atoms with Gasteiger partial charge in [-0.25, -0.2) is 4.98 Å². The van der Waals surface area contributed by atoms with Crippen molar-refractivity contribution in [3.8, 4) is 11.5 Å². The predicted octanol–water partition coefficient (Wildman–Crippen LogP) is 1.92. The fourth-order valence-corrected chi connectivity index (χ4v) is 3.04. The van der Waals surface area contributed by atoms with Gasteiger partial charge < -0.3 is 18.9 Å². The highest BCUT2D eigenvalue weighted by atomic mass is 16.5. The van der Waals surface area contributed by atoms with Gasteiger partial charge in [0.05, 0.1) is 20.5 Å². The standard InChI is InChI=1S/C17H21N3O3/c1-22-14-3-4-16(23-2)15(9-14)13-5-7-20(10-13)17(21)11-19-8-6-18-12-19/h3-4,6,8-9,12-13H,5,7,10-11H2,1-2H3. The number of nitrogens with zero attached hydrogens (tertiary/aromatic N) is 3. The molecule has 1 aliphatic rings. The summed E-state index contributed by atoms with van der Waals surface area (Å²) < 4.78 is 12.6. The summed E-state index contributed by atoms with van der Waals surface area (Å²) in [5, 5.41) is 0. The smallest absolute Gasteiger partial charge is 0.242 e. The first-order valence-corrected chi connectivity index (χ1v) is 7.66. The number of amides is 1. The first kappa shape index (κ1) is 15.4. The number of benzene rings is 1. The minimum absolute atomic E-state index is 0.118. The van der Waals surface area contributed by atoms with Crippen molar-refractivity contribution in [1.82, 2.24) is 14.5 Å². The molecular formula is C17H21N3O3. The molecule has 1 saturated heterocycles. The third kappa shape index (κ3) is 3.31. The van der Waals surface area contributed by atoms with Crippen LogP contribution < -0.4 is 9.47 Å². The lowest BCUT2D eigenvalue weighted by atomic mass is 9.97. The number of aromatic nitrogens is 2. The molecule has 1 atom stereocenters. The Labute approximate surface area is 135 Å². The zero-order chi connectivity index (χ0) is 16.2. The second-order valence-corrected chi connectivity index (χ2v) is 5.67. The second kappa shape index (κ2) is 6.73. The number of likely N-dealkylation sites (tertiary alicyclic amines) is 1. The monoisotopic (exact) mass is 315 g/mol. The number of imidazole rings is 1. The van der Waals surface area contributed by atoms with Gasteiger partial charge in [-0.2, -0.15) is 0 Å². The van der Waals surface area contributed by atoms with Gasteiger partial charge in [0, 0.05) is 37.0 Å². The van der Waals surface area contributed by atoms with Crippen molar-refractivity contribution >= 4 is 5.91 Å². The van der Waals surface area contributed by atoms with Gasteiger partial charge >= 0.3 is 0 Å². The third-order valence-electron chi connectivity index (χ3n) is 4.29. The van der Waals surface area contributed by atoms with Crippen molar-refractivity contribution in [1.29, 1.82) is 0 Å². The molecule has 0 bridgehead atoms. The average Bonchev–Trinajstić information content (AvgIpc) is 3.25. The van der Waals surface area contributed by atoms with Crippen LogP contribution in [0, 0.1) is 0 Å². The van der Waals surface area contributed by atoms with Gasteiger partial charge in [-0.3, -0.25) is 4.79 Å². The van der Waals surface area contributed by atoms with Crippen LogP contribution in [0.1, 0.15) is 17.9 Å². The molecule has 23 heavy (non-hydrogen) atoms. The maximum absolute atomic E-state index is 12.4. The SMILES string of the molecule is COc1ccc(OC)c(C2CCN(C(=O)Cn3ccnc3)C2)c1. The van der Waals surface area contributed by atoms with Gasteiger partial charge in [-0.05, 0) is 24.6 Å². The number of rotatable bonds is 5. The molecule has 1 aromatic heterocycles. The van der Waals surface area contributed by atoms with Crippen molar-refractivity contribution < 1.29 is 14.3 Å². The maximum Gasteiger partial charge on any atom is 0.242 e. The number of hydrogen-bond donors (Lipinski definition) is 0. The molecule has 0 radical (unpaired) electrons. The summed E-state index contributed by atoms with van der Waals surface area (Å²) in [5.74, 6) is 2.04. The molecule has 2 heterocycles. The van der Waals surface area contributed by atoms with Crippen molar-refractivity contribution in [2.24, 2.45) is 0 Å². The molecule has 3 rings (SSSR count). The van der Waals surface area contributed by atoms with E-state index >= 15 is 0 Å². The molecule has 1 aromatic carbocycles. The van der Waals surface area contributed by atoms with E-state index < -0.39 is 0 Å². The van der Waals surface area contributed by atoms with Crippen molar-refractivity contribution in [3.63, 3.8) is 0 Å². The summed E-state index contributed by atoms with van der Waals surface area (Å²) in [4.78, 5) is 18.3. The van der Waals surface area contributed by atoms with Crippen molar-refractivity contribution in [3.05, 3.63) is 42.5 Å². The minimum atomic E-state index is 0.118. The van der Waals surface area contributed by atoms with E-state index in [-0.39, 0.29) is 11.8 Å². The first-order valence-electron chi connectivity index (χ1n) is 7.66. The van der Waals surface area contributed by atoms with Gasteiger partial charge in [0.1, 0.15) is 18.0 Å². The molecule has 1 unspecified atom stereocenters. The van der Waals surface area contributed by atoms with E-state index in [1.807, 2.05) is 23.1 Å². The Balaban J connectivity index is 1.71. The first-order chi connectivity index (χ1) is 11.2. The van der Waals surface area contributed by atoms with Crippen LogP contribution in [0.4, 0.5) is 0 Å². The van der Waals surface area contributed by atoms with Gasteiger partial charge in [-0.15, -0.1) is 0 Å². The Hall–Kier alpha value is -2.50. The minimum Gasteiger partial charge on any atom is -0.497 e. The van der Waals surface area contributed by atoms with E-state index in [0.29, 0.717) is 13.1 Å². The molecule has 0 N–H and O–H groups in total. The van der Waals surface area contributed by atoms with Crippen LogP contribution in [-0.4, -0.2) is 47.7 Å². The average molecular weight is 315 g/mol. The molecule has 122 valence electrons. The van der Waals surface area contributed by atoms with Gasteiger partial charge in [0.15, 0.2) is 0 Å². The number of carbonyl (C=O) groups is 1. The van der Waals surface area contributed by atoms with Crippen LogP contribution in [0.2, 0.25) is 0 Å². The van der Waals surface area contributed by atoms with Crippen LogP contribution >= 0.6 is 0 Å². The van der Waals surface area contributed by atoms with Gasteiger partial charge in [0.2, 0.25) is 5.91 Å². The van der Waals surface area contributed by atoms with Crippen molar-refractivity contribution in [2.75, 3.05) is 27.3 Å². The summed E-state index contributed by atoms with van der Waals surface area (Å²) in [6.07, 6.45) is 6.08. The Morgan fingerprint density at radius 1 is 1.35 bits per heavy atom. The molecule has 0 spiro atoms. The zero-order valence-electron chi connectivity index (χ0n) is 13.4. The zero-order valence-corrected chi connectivity index (χ0v) is 13.4. The molecule has 0 saturated carbocycles. The Bertz CT molecular complexity index is 670. The molecule has 0 aliphatic carbocycles. The van der Waals surface area contributed by atoms with E-state index in [1.165, 1.54) is 0 Å². The Morgan fingerprint density at radius 2 is 2.22 bits per heavy atom. The van der Waals surface area contributed by atoms with E-state index in [9.17, 15) is 4.79 Å². The second-order valence-electron chi connectivity index (χ2n) is 5.67. The highest BCUT2D eigenvalue weighted by Gasteiger charge is 2.29. The van der Waals surface area contributed by atoms with E-state index in [2.05, 4.69) is 4.98 Å². The van der Waals surface area contributed by atoms with Crippen LogP contribution in [0.15, 0.2) is 36.9 Å².